The number of anilines is 1. The first-order chi connectivity index (χ1) is 13.6. The summed E-state index contributed by atoms with van der Waals surface area (Å²) in [5, 5.41) is 10.2. The number of ether oxygens (including phenoxy) is 1. The molecule has 1 N–H and O–H groups in total. The predicted molar refractivity (Wildman–Crippen MR) is 111 cm³/mol. The van der Waals surface area contributed by atoms with Crippen LogP contribution in [0.5, 0.6) is 5.88 Å². The number of pyridine rings is 2. The second-order valence-electron chi connectivity index (χ2n) is 5.48. The molecule has 0 saturated carbocycles. The summed E-state index contributed by atoms with van der Waals surface area (Å²) in [7, 11) is 0.0308. The Bertz CT molecular complexity index is 1190. The Morgan fingerprint density at radius 2 is 2.07 bits per heavy atom. The van der Waals surface area contributed by atoms with Gasteiger partial charge in [0.05, 0.1) is 28.3 Å². The fourth-order valence-corrected chi connectivity index (χ4v) is 4.35. The highest BCUT2D eigenvalue weighted by Gasteiger charge is 2.16. The molecule has 7 nitrogen and oxygen atoms in total. The van der Waals surface area contributed by atoms with Crippen LogP contribution in [0.4, 0.5) is 5.13 Å². The SMILES string of the molecule is COc1nc(Cl)c(Cl)cc1-c1nccc2cc(S(=O)Nc3nncs3)ccc12. The third-order valence-electron chi connectivity index (χ3n) is 3.84. The summed E-state index contributed by atoms with van der Waals surface area (Å²) in [6.45, 7) is 0. The average molecular weight is 452 g/mol. The van der Waals surface area contributed by atoms with Gasteiger partial charge < -0.3 is 4.74 Å². The number of hydrogen-bond acceptors (Lipinski definition) is 7. The molecule has 4 rings (SSSR count). The first-order valence-electron chi connectivity index (χ1n) is 7.80. The average Bonchev–Trinajstić information content (AvgIpc) is 3.21. The van der Waals surface area contributed by atoms with Crippen molar-refractivity contribution in [3.8, 4) is 17.1 Å². The summed E-state index contributed by atoms with van der Waals surface area (Å²) in [5.41, 5.74) is 2.81. The molecule has 0 saturated heterocycles. The zero-order chi connectivity index (χ0) is 19.7. The van der Waals surface area contributed by atoms with Crippen molar-refractivity contribution in [1.82, 2.24) is 20.2 Å². The summed E-state index contributed by atoms with van der Waals surface area (Å²) in [5.74, 6) is 0.319. The highest BCUT2D eigenvalue weighted by Crippen LogP contribution is 2.36. The van der Waals surface area contributed by atoms with Gasteiger partial charge in [-0.2, -0.15) is 4.98 Å². The maximum absolute atomic E-state index is 12.6. The normalized spacial score (nSPS) is 12.1. The lowest BCUT2D eigenvalue weighted by molar-refractivity contribution is 0.399. The van der Waals surface area contributed by atoms with Crippen molar-refractivity contribution in [2.75, 3.05) is 11.8 Å². The minimum atomic E-state index is -1.47. The number of methoxy groups -OCH3 is 1. The Kier molecular flexibility index (Phi) is 5.40. The molecular weight excluding hydrogens is 441 g/mol. The van der Waals surface area contributed by atoms with E-state index in [-0.39, 0.29) is 5.15 Å². The Morgan fingerprint density at radius 3 is 2.82 bits per heavy atom. The predicted octanol–water partition coefficient (Wildman–Crippen LogP) is 4.60. The van der Waals surface area contributed by atoms with Crippen LogP contribution >= 0.6 is 34.5 Å². The Balaban J connectivity index is 1.78. The van der Waals surface area contributed by atoms with E-state index in [1.54, 1.807) is 23.8 Å². The fourth-order valence-electron chi connectivity index (χ4n) is 2.62. The van der Waals surface area contributed by atoms with Gasteiger partial charge in [-0.15, -0.1) is 10.2 Å². The molecule has 3 heterocycles. The summed E-state index contributed by atoms with van der Waals surface area (Å²) in [6.07, 6.45) is 1.66. The molecular formula is C17H11Cl2N5O2S2. The molecule has 0 aliphatic rings. The lowest BCUT2D eigenvalue weighted by Gasteiger charge is -2.11. The van der Waals surface area contributed by atoms with Crippen LogP contribution in [0.25, 0.3) is 22.0 Å². The highest BCUT2D eigenvalue weighted by atomic mass is 35.5. The summed E-state index contributed by atoms with van der Waals surface area (Å²) in [6, 6.07) is 8.92. The molecule has 4 aromatic rings. The van der Waals surface area contributed by atoms with Gasteiger partial charge in [-0.3, -0.25) is 9.71 Å². The Labute approximate surface area is 176 Å². The number of halogens is 2. The minimum Gasteiger partial charge on any atom is -0.480 e. The Morgan fingerprint density at radius 1 is 1.21 bits per heavy atom. The van der Waals surface area contributed by atoms with Gasteiger partial charge in [0, 0.05) is 11.6 Å². The van der Waals surface area contributed by atoms with Crippen LogP contribution < -0.4 is 9.46 Å². The molecule has 0 amide bonds. The van der Waals surface area contributed by atoms with Gasteiger partial charge in [0.25, 0.3) is 0 Å². The summed E-state index contributed by atoms with van der Waals surface area (Å²) in [4.78, 5) is 9.22. The van der Waals surface area contributed by atoms with E-state index in [9.17, 15) is 4.21 Å². The standard InChI is InChI=1S/C17H11Cl2N5O2S2/c1-26-16-12(7-13(18)15(19)22-16)14-11-3-2-10(6-9(11)4-5-20-14)28(25)24-17-23-21-8-27-17/h2-8H,1H3,(H,23,24). The molecule has 0 aliphatic heterocycles. The van der Waals surface area contributed by atoms with Crippen molar-refractivity contribution < 1.29 is 8.95 Å². The highest BCUT2D eigenvalue weighted by molar-refractivity contribution is 7.86. The molecule has 142 valence electrons. The lowest BCUT2D eigenvalue weighted by atomic mass is 10.1. The van der Waals surface area contributed by atoms with Gasteiger partial charge in [0.2, 0.25) is 11.0 Å². The third kappa shape index (κ3) is 3.66. The van der Waals surface area contributed by atoms with E-state index in [1.165, 1.54) is 18.4 Å². The number of nitrogens with one attached hydrogen (secondary N) is 1. The number of nitrogens with zero attached hydrogens (tertiary/aromatic N) is 4. The van der Waals surface area contributed by atoms with Crippen molar-refractivity contribution in [3.05, 3.63) is 52.2 Å². The molecule has 1 atom stereocenters. The number of benzene rings is 1. The number of aromatic nitrogens is 4. The molecule has 3 aromatic heterocycles. The molecule has 1 unspecified atom stereocenters. The third-order valence-corrected chi connectivity index (χ3v) is 6.31. The largest absolute Gasteiger partial charge is 0.480 e. The van der Waals surface area contributed by atoms with Gasteiger partial charge >= 0.3 is 0 Å². The van der Waals surface area contributed by atoms with Crippen LogP contribution in [-0.2, 0) is 11.0 Å². The van der Waals surface area contributed by atoms with Crippen molar-refractivity contribution >= 4 is 61.4 Å². The van der Waals surface area contributed by atoms with Crippen LogP contribution in [-0.4, -0.2) is 31.5 Å². The van der Waals surface area contributed by atoms with Gasteiger partial charge in [0.1, 0.15) is 5.51 Å². The molecule has 0 spiro atoms. The smallest absolute Gasteiger partial charge is 0.224 e. The maximum Gasteiger partial charge on any atom is 0.224 e. The van der Waals surface area contributed by atoms with Crippen molar-refractivity contribution in [1.29, 1.82) is 0 Å². The molecule has 0 bridgehead atoms. The van der Waals surface area contributed by atoms with Gasteiger partial charge in [-0.25, -0.2) is 4.21 Å². The number of rotatable bonds is 5. The number of fused-ring (bicyclic) bond motifs is 1. The van der Waals surface area contributed by atoms with Gasteiger partial charge in [-0.05, 0) is 29.7 Å². The molecule has 1 aromatic carbocycles. The van der Waals surface area contributed by atoms with Crippen molar-refractivity contribution in [2.24, 2.45) is 0 Å². The van der Waals surface area contributed by atoms with Crippen LogP contribution in [0.2, 0.25) is 10.2 Å². The molecule has 0 aliphatic carbocycles. The minimum absolute atomic E-state index is 0.155. The van der Waals surface area contributed by atoms with Crippen molar-refractivity contribution in [2.45, 2.75) is 4.90 Å². The fraction of sp³-hybridized carbons (Fsp3) is 0.0588. The summed E-state index contributed by atoms with van der Waals surface area (Å²) < 4.78 is 20.7. The van der Waals surface area contributed by atoms with E-state index in [0.717, 1.165) is 10.8 Å². The maximum atomic E-state index is 12.6. The van der Waals surface area contributed by atoms with Crippen LogP contribution in [0.1, 0.15) is 0 Å². The zero-order valence-corrected chi connectivity index (χ0v) is 17.4. The molecule has 28 heavy (non-hydrogen) atoms. The first kappa shape index (κ1) is 19.0. The second kappa shape index (κ2) is 7.96. The van der Waals surface area contributed by atoms with E-state index in [2.05, 4.69) is 24.9 Å². The lowest BCUT2D eigenvalue weighted by Crippen LogP contribution is -2.04. The van der Waals surface area contributed by atoms with E-state index < -0.39 is 11.0 Å². The molecule has 0 fully saturated rings. The van der Waals surface area contributed by atoms with E-state index >= 15 is 0 Å². The summed E-state index contributed by atoms with van der Waals surface area (Å²) >= 11 is 13.4. The van der Waals surface area contributed by atoms with Gasteiger partial charge in [-0.1, -0.05) is 40.6 Å². The van der Waals surface area contributed by atoms with Crippen LogP contribution in [0.3, 0.4) is 0 Å². The first-order valence-corrected chi connectivity index (χ1v) is 10.6. The van der Waals surface area contributed by atoms with Crippen LogP contribution in [0.15, 0.2) is 46.9 Å². The second-order valence-corrected chi connectivity index (χ2v) is 8.29. The van der Waals surface area contributed by atoms with Crippen LogP contribution in [0, 0.1) is 0 Å². The van der Waals surface area contributed by atoms with E-state index in [1.807, 2.05) is 18.2 Å². The number of hydrogen-bond donors (Lipinski definition) is 1. The quantitative estimate of drug-likeness (QED) is 0.445. The van der Waals surface area contributed by atoms with Gasteiger partial charge in [0.15, 0.2) is 16.1 Å². The topological polar surface area (TPSA) is 89.9 Å². The molecule has 0 radical (unpaired) electrons. The molecule has 11 heteroatoms. The monoisotopic (exact) mass is 451 g/mol. The Hall–Kier alpha value is -2.33. The van der Waals surface area contributed by atoms with Crippen molar-refractivity contribution in [3.63, 3.8) is 0 Å². The van der Waals surface area contributed by atoms with E-state index in [0.29, 0.717) is 32.2 Å². The zero-order valence-electron chi connectivity index (χ0n) is 14.2. The van der Waals surface area contributed by atoms with E-state index in [4.69, 9.17) is 27.9 Å².